The molecule has 0 bridgehead atoms. The minimum Gasteiger partial charge on any atom is -0.445 e. The number of nitrogens with one attached hydrogen (secondary N) is 1. The summed E-state index contributed by atoms with van der Waals surface area (Å²) in [7, 11) is 0. The van der Waals surface area contributed by atoms with Crippen molar-refractivity contribution in [3.8, 4) is 0 Å². The summed E-state index contributed by atoms with van der Waals surface area (Å²) in [6.45, 7) is 8.49. The topological polar surface area (TPSA) is 73.6 Å². The predicted octanol–water partition coefficient (Wildman–Crippen LogP) is 2.05. The number of hydrogen-bond acceptors (Lipinski definition) is 4. The summed E-state index contributed by atoms with van der Waals surface area (Å²) in [6, 6.07) is 0. The molecule has 1 aliphatic rings. The second kappa shape index (κ2) is 7.70. The van der Waals surface area contributed by atoms with E-state index in [4.69, 9.17) is 15.2 Å². The minimum absolute atomic E-state index is 0.000784. The van der Waals surface area contributed by atoms with Crippen LogP contribution in [0.1, 0.15) is 46.5 Å². The molecule has 1 aliphatic heterocycles. The average molecular weight is 272 g/mol. The zero-order chi connectivity index (χ0) is 14.3. The number of carbonyl (C=O) groups is 1. The first-order chi connectivity index (χ1) is 8.87. The molecule has 0 radical (unpaired) electrons. The zero-order valence-electron chi connectivity index (χ0n) is 12.4. The molecule has 1 saturated heterocycles. The fourth-order valence-corrected chi connectivity index (χ4v) is 2.29. The lowest BCUT2D eigenvalue weighted by atomic mass is 9.96. The molecular weight excluding hydrogens is 244 g/mol. The van der Waals surface area contributed by atoms with Crippen LogP contribution in [0.15, 0.2) is 0 Å². The molecule has 5 nitrogen and oxygen atoms in total. The lowest BCUT2D eigenvalue weighted by Gasteiger charge is -2.27. The van der Waals surface area contributed by atoms with Gasteiger partial charge in [0, 0.05) is 25.3 Å². The third kappa shape index (κ3) is 8.06. The molecule has 1 heterocycles. The summed E-state index contributed by atoms with van der Waals surface area (Å²) in [5.41, 5.74) is 5.15. The highest BCUT2D eigenvalue weighted by Gasteiger charge is 2.22. The van der Waals surface area contributed by atoms with Crippen LogP contribution < -0.4 is 11.1 Å². The zero-order valence-corrected chi connectivity index (χ0v) is 12.4. The molecule has 0 spiro atoms. The van der Waals surface area contributed by atoms with Gasteiger partial charge in [-0.2, -0.15) is 0 Å². The van der Waals surface area contributed by atoms with Crippen molar-refractivity contribution in [2.24, 2.45) is 11.7 Å². The van der Waals surface area contributed by atoms with E-state index >= 15 is 0 Å². The summed E-state index contributed by atoms with van der Waals surface area (Å²) in [5, 5.41) is 3.36. The normalized spacial score (nSPS) is 22.6. The molecule has 0 aliphatic carbocycles. The van der Waals surface area contributed by atoms with E-state index in [2.05, 4.69) is 26.1 Å². The highest BCUT2D eigenvalue weighted by atomic mass is 16.6. The maximum atomic E-state index is 11.0. The van der Waals surface area contributed by atoms with Crippen molar-refractivity contribution in [1.82, 2.24) is 5.32 Å². The molecule has 5 heteroatoms. The highest BCUT2D eigenvalue weighted by Crippen LogP contribution is 2.20. The third-order valence-electron chi connectivity index (χ3n) is 3.24. The molecule has 19 heavy (non-hydrogen) atoms. The van der Waals surface area contributed by atoms with Gasteiger partial charge in [-0.1, -0.05) is 6.42 Å². The Bertz CT molecular complexity index is 268. The monoisotopic (exact) mass is 272 g/mol. The second-order valence-electron chi connectivity index (χ2n) is 6.36. The molecular formula is C14H28N2O3. The molecule has 1 amide bonds. The van der Waals surface area contributed by atoms with Gasteiger partial charge in [0.1, 0.15) is 6.10 Å². The number of ether oxygens (including phenoxy) is 2. The highest BCUT2D eigenvalue weighted by molar-refractivity contribution is 5.64. The quantitative estimate of drug-likeness (QED) is 0.803. The standard InChI is InChI=1S/C14H28N2O3/c1-14(2,3)16-9-12(19-13(15)17)8-11-6-4-5-7-18-10-11/h11-12,16H,4-10H2,1-3H3,(H2,15,17)/t11-,12-/m0/s1. The van der Waals surface area contributed by atoms with Crippen LogP contribution in [0.4, 0.5) is 4.79 Å². The van der Waals surface area contributed by atoms with E-state index in [1.54, 1.807) is 0 Å². The van der Waals surface area contributed by atoms with Crippen molar-refractivity contribution in [1.29, 1.82) is 0 Å². The van der Waals surface area contributed by atoms with Crippen LogP contribution in [-0.4, -0.2) is 37.5 Å². The number of primary amides is 1. The molecule has 112 valence electrons. The molecule has 3 N–H and O–H groups in total. The number of hydrogen-bond donors (Lipinski definition) is 2. The average Bonchev–Trinajstić information content (AvgIpc) is 2.53. The van der Waals surface area contributed by atoms with E-state index in [1.165, 1.54) is 6.42 Å². The Morgan fingerprint density at radius 1 is 1.47 bits per heavy atom. The summed E-state index contributed by atoms with van der Waals surface area (Å²) in [6.07, 6.45) is 3.37. The Kier molecular flexibility index (Phi) is 6.58. The summed E-state index contributed by atoms with van der Waals surface area (Å²) in [5.74, 6) is 0.452. The largest absolute Gasteiger partial charge is 0.445 e. The molecule has 0 saturated carbocycles. The van der Waals surface area contributed by atoms with Crippen molar-refractivity contribution in [2.45, 2.75) is 58.1 Å². The summed E-state index contributed by atoms with van der Waals surface area (Å²) < 4.78 is 10.8. The van der Waals surface area contributed by atoms with Crippen molar-refractivity contribution >= 4 is 6.09 Å². The molecule has 2 atom stereocenters. The van der Waals surface area contributed by atoms with Crippen molar-refractivity contribution in [2.75, 3.05) is 19.8 Å². The van der Waals surface area contributed by atoms with Gasteiger partial charge in [-0.25, -0.2) is 4.79 Å². The SMILES string of the molecule is CC(C)(C)NC[C@H](C[C@@H]1CCCCOC1)OC(N)=O. The smallest absolute Gasteiger partial charge is 0.404 e. The van der Waals surface area contributed by atoms with Gasteiger partial charge in [-0.05, 0) is 46.0 Å². The summed E-state index contributed by atoms with van der Waals surface area (Å²) >= 11 is 0. The number of nitrogens with two attached hydrogens (primary N) is 1. The number of amides is 1. The fraction of sp³-hybridized carbons (Fsp3) is 0.929. The van der Waals surface area contributed by atoms with Crippen LogP contribution in [0.5, 0.6) is 0 Å². The Labute approximate surface area is 116 Å². The van der Waals surface area contributed by atoms with Gasteiger partial charge in [-0.3, -0.25) is 0 Å². The Morgan fingerprint density at radius 2 is 2.21 bits per heavy atom. The molecule has 1 fully saturated rings. The number of carbonyl (C=O) groups excluding carboxylic acids is 1. The predicted molar refractivity (Wildman–Crippen MR) is 75.0 cm³/mol. The Morgan fingerprint density at radius 3 is 2.84 bits per heavy atom. The van der Waals surface area contributed by atoms with Crippen LogP contribution in [-0.2, 0) is 9.47 Å². The summed E-state index contributed by atoms with van der Waals surface area (Å²) in [4.78, 5) is 11.0. The van der Waals surface area contributed by atoms with E-state index in [0.717, 1.165) is 32.5 Å². The first-order valence-corrected chi connectivity index (χ1v) is 7.15. The fourth-order valence-electron chi connectivity index (χ4n) is 2.29. The van der Waals surface area contributed by atoms with Gasteiger partial charge in [0.15, 0.2) is 0 Å². The molecule has 0 aromatic rings. The van der Waals surface area contributed by atoms with Gasteiger partial charge in [0.2, 0.25) is 0 Å². The van der Waals surface area contributed by atoms with Crippen molar-refractivity contribution in [3.63, 3.8) is 0 Å². The van der Waals surface area contributed by atoms with Crippen LogP contribution in [0, 0.1) is 5.92 Å². The van der Waals surface area contributed by atoms with E-state index in [-0.39, 0.29) is 11.6 Å². The third-order valence-corrected chi connectivity index (χ3v) is 3.24. The van der Waals surface area contributed by atoms with Crippen molar-refractivity contribution in [3.05, 3.63) is 0 Å². The van der Waals surface area contributed by atoms with Gasteiger partial charge < -0.3 is 20.5 Å². The lowest BCUT2D eigenvalue weighted by Crippen LogP contribution is -2.43. The van der Waals surface area contributed by atoms with Gasteiger partial charge in [0.05, 0.1) is 0 Å². The van der Waals surface area contributed by atoms with Crippen molar-refractivity contribution < 1.29 is 14.3 Å². The van der Waals surface area contributed by atoms with Gasteiger partial charge in [-0.15, -0.1) is 0 Å². The van der Waals surface area contributed by atoms with Crippen LogP contribution in [0.2, 0.25) is 0 Å². The van der Waals surface area contributed by atoms with Crippen LogP contribution in [0.25, 0.3) is 0 Å². The van der Waals surface area contributed by atoms with E-state index < -0.39 is 6.09 Å². The molecule has 0 aromatic heterocycles. The van der Waals surface area contributed by atoms with Gasteiger partial charge >= 0.3 is 6.09 Å². The lowest BCUT2D eigenvalue weighted by molar-refractivity contribution is 0.0603. The number of rotatable bonds is 5. The van der Waals surface area contributed by atoms with E-state index in [1.807, 2.05) is 0 Å². The van der Waals surface area contributed by atoms with Crippen LogP contribution >= 0.6 is 0 Å². The molecule has 1 rings (SSSR count). The molecule has 0 aromatic carbocycles. The maximum Gasteiger partial charge on any atom is 0.404 e. The first kappa shape index (κ1) is 16.2. The van der Waals surface area contributed by atoms with Crippen LogP contribution in [0.3, 0.4) is 0 Å². The second-order valence-corrected chi connectivity index (χ2v) is 6.36. The first-order valence-electron chi connectivity index (χ1n) is 7.15. The maximum absolute atomic E-state index is 11.0. The van der Waals surface area contributed by atoms with E-state index in [0.29, 0.717) is 12.5 Å². The Balaban J connectivity index is 2.45. The van der Waals surface area contributed by atoms with E-state index in [9.17, 15) is 4.79 Å². The van der Waals surface area contributed by atoms with Gasteiger partial charge in [0.25, 0.3) is 0 Å². The Hall–Kier alpha value is -0.810. The minimum atomic E-state index is -0.699. The molecule has 0 unspecified atom stereocenters.